The second kappa shape index (κ2) is 9.82. The van der Waals surface area contributed by atoms with Crippen molar-refractivity contribution >= 4 is 22.6 Å². The number of nitrogens with zero attached hydrogens (tertiary/aromatic N) is 4. The molecule has 1 N–H and O–H groups in total. The number of aromatic nitrogens is 2. The fourth-order valence-electron chi connectivity index (χ4n) is 4.61. The van der Waals surface area contributed by atoms with Crippen molar-refractivity contribution in [1.82, 2.24) is 19.8 Å². The van der Waals surface area contributed by atoms with Crippen LogP contribution in [0.3, 0.4) is 0 Å². The van der Waals surface area contributed by atoms with Crippen LogP contribution in [0.15, 0.2) is 79.3 Å². The van der Waals surface area contributed by atoms with E-state index in [0.717, 1.165) is 28.5 Å². The zero-order valence-corrected chi connectivity index (χ0v) is 19.2. The van der Waals surface area contributed by atoms with E-state index in [0.29, 0.717) is 30.8 Å². The Labute approximate surface area is 203 Å². The molecule has 4 aromatic rings. The maximum Gasteiger partial charge on any atom is 0.254 e. The fraction of sp³-hybridized carbons (Fsp3) is 0.214. The largest absolute Gasteiger partial charge is 0.351 e. The van der Waals surface area contributed by atoms with Gasteiger partial charge in [-0.1, -0.05) is 48.5 Å². The standard InChI is InChI=1S/C28H25N5O2/c29-15-20-8-10-21(11-9-20)17-33-19-30-16-24(33)14-27(34)31-23-12-13-32(18-23)28(35)26-7-3-5-22-4-1-2-6-25(22)26/h1-11,16,19,23H,12-14,17-18H2,(H,31,34)/t23-/m1/s1. The Bertz CT molecular complexity index is 1410. The summed E-state index contributed by atoms with van der Waals surface area (Å²) in [4.78, 5) is 32.0. The van der Waals surface area contributed by atoms with Gasteiger partial charge in [0.1, 0.15) is 0 Å². The van der Waals surface area contributed by atoms with Gasteiger partial charge in [0.25, 0.3) is 5.91 Å². The van der Waals surface area contributed by atoms with E-state index in [4.69, 9.17) is 5.26 Å². The average Bonchev–Trinajstić information content (AvgIpc) is 3.53. The highest BCUT2D eigenvalue weighted by Crippen LogP contribution is 2.22. The second-order valence-electron chi connectivity index (χ2n) is 8.83. The Hall–Kier alpha value is -4.44. The van der Waals surface area contributed by atoms with Gasteiger partial charge < -0.3 is 14.8 Å². The summed E-state index contributed by atoms with van der Waals surface area (Å²) in [7, 11) is 0. The van der Waals surface area contributed by atoms with Crippen LogP contribution in [0.1, 0.15) is 33.6 Å². The minimum Gasteiger partial charge on any atom is -0.351 e. The van der Waals surface area contributed by atoms with Crippen molar-refractivity contribution in [2.75, 3.05) is 13.1 Å². The molecule has 0 saturated carbocycles. The van der Waals surface area contributed by atoms with Gasteiger partial charge in [0.2, 0.25) is 5.91 Å². The lowest BCUT2D eigenvalue weighted by molar-refractivity contribution is -0.121. The van der Waals surface area contributed by atoms with Gasteiger partial charge in [-0.3, -0.25) is 9.59 Å². The Morgan fingerprint density at radius 2 is 1.86 bits per heavy atom. The van der Waals surface area contributed by atoms with E-state index >= 15 is 0 Å². The minimum absolute atomic E-state index is 0.000887. The average molecular weight is 464 g/mol. The van der Waals surface area contributed by atoms with Gasteiger partial charge in [0.15, 0.2) is 0 Å². The maximum absolute atomic E-state index is 13.2. The van der Waals surface area contributed by atoms with E-state index in [2.05, 4.69) is 16.4 Å². The van der Waals surface area contributed by atoms with Crippen LogP contribution in [0.25, 0.3) is 10.8 Å². The number of hydrogen-bond acceptors (Lipinski definition) is 4. The van der Waals surface area contributed by atoms with Crippen LogP contribution in [0, 0.1) is 11.3 Å². The number of nitriles is 1. The maximum atomic E-state index is 13.2. The van der Waals surface area contributed by atoms with Crippen LogP contribution in [0.5, 0.6) is 0 Å². The lowest BCUT2D eigenvalue weighted by Gasteiger charge is -2.18. The Kier molecular flexibility index (Phi) is 6.27. The number of imidazole rings is 1. The monoisotopic (exact) mass is 463 g/mol. The molecule has 0 unspecified atom stereocenters. The molecule has 7 heteroatoms. The summed E-state index contributed by atoms with van der Waals surface area (Å²) in [6.07, 6.45) is 4.35. The summed E-state index contributed by atoms with van der Waals surface area (Å²) in [5.41, 5.74) is 3.15. The summed E-state index contributed by atoms with van der Waals surface area (Å²) in [5.74, 6) is -0.0879. The number of carbonyl (C=O) groups is 2. The number of hydrogen-bond donors (Lipinski definition) is 1. The van der Waals surface area contributed by atoms with Crippen molar-refractivity contribution in [2.24, 2.45) is 0 Å². The molecular formula is C28H25N5O2. The zero-order valence-electron chi connectivity index (χ0n) is 19.2. The minimum atomic E-state index is -0.0870. The molecule has 3 aromatic carbocycles. The number of amides is 2. The van der Waals surface area contributed by atoms with Crippen LogP contribution in [-0.2, 0) is 17.8 Å². The molecule has 174 valence electrons. The number of benzene rings is 3. The molecule has 1 saturated heterocycles. The number of carbonyl (C=O) groups excluding carboxylic acids is 2. The van der Waals surface area contributed by atoms with E-state index < -0.39 is 0 Å². The molecule has 2 heterocycles. The van der Waals surface area contributed by atoms with Gasteiger partial charge >= 0.3 is 0 Å². The summed E-state index contributed by atoms with van der Waals surface area (Å²) < 4.78 is 1.94. The molecule has 1 fully saturated rings. The third-order valence-corrected chi connectivity index (χ3v) is 6.44. The van der Waals surface area contributed by atoms with Crippen molar-refractivity contribution in [1.29, 1.82) is 5.26 Å². The van der Waals surface area contributed by atoms with Crippen LogP contribution < -0.4 is 5.32 Å². The molecule has 0 spiro atoms. The quantitative estimate of drug-likeness (QED) is 0.474. The molecule has 1 aliphatic heterocycles. The van der Waals surface area contributed by atoms with E-state index in [1.807, 2.05) is 64.1 Å². The molecule has 5 rings (SSSR count). The van der Waals surface area contributed by atoms with Gasteiger partial charge in [-0.05, 0) is 41.0 Å². The zero-order chi connectivity index (χ0) is 24.2. The van der Waals surface area contributed by atoms with E-state index in [1.165, 1.54) is 0 Å². The van der Waals surface area contributed by atoms with Crippen LogP contribution in [-0.4, -0.2) is 45.4 Å². The molecule has 2 amide bonds. The predicted octanol–water partition coefficient (Wildman–Crippen LogP) is 3.53. The molecule has 1 atom stereocenters. The first-order valence-electron chi connectivity index (χ1n) is 11.6. The highest BCUT2D eigenvalue weighted by Gasteiger charge is 2.28. The fourth-order valence-corrected chi connectivity index (χ4v) is 4.61. The molecule has 35 heavy (non-hydrogen) atoms. The molecule has 0 bridgehead atoms. The number of fused-ring (bicyclic) bond motifs is 1. The van der Waals surface area contributed by atoms with Crippen molar-refractivity contribution in [3.8, 4) is 6.07 Å². The van der Waals surface area contributed by atoms with Crippen LogP contribution >= 0.6 is 0 Å². The van der Waals surface area contributed by atoms with Crippen LogP contribution in [0.2, 0.25) is 0 Å². The summed E-state index contributed by atoms with van der Waals surface area (Å²) in [6.45, 7) is 1.69. The lowest BCUT2D eigenvalue weighted by Crippen LogP contribution is -2.39. The van der Waals surface area contributed by atoms with E-state index in [1.54, 1.807) is 24.7 Å². The lowest BCUT2D eigenvalue weighted by atomic mass is 10.0. The number of rotatable bonds is 6. The third-order valence-electron chi connectivity index (χ3n) is 6.44. The first-order valence-corrected chi connectivity index (χ1v) is 11.6. The third kappa shape index (κ3) is 4.92. The van der Waals surface area contributed by atoms with E-state index in [9.17, 15) is 9.59 Å². The van der Waals surface area contributed by atoms with Crippen molar-refractivity contribution in [3.63, 3.8) is 0 Å². The molecular weight excluding hydrogens is 438 g/mol. The number of nitrogens with one attached hydrogen (secondary N) is 1. The molecule has 0 aliphatic carbocycles. The summed E-state index contributed by atoms with van der Waals surface area (Å²) in [6, 6.07) is 23.1. The summed E-state index contributed by atoms with van der Waals surface area (Å²) >= 11 is 0. The van der Waals surface area contributed by atoms with E-state index in [-0.39, 0.29) is 24.3 Å². The Morgan fingerprint density at radius 3 is 2.69 bits per heavy atom. The summed E-state index contributed by atoms with van der Waals surface area (Å²) in [5, 5.41) is 14.0. The Balaban J connectivity index is 1.19. The first kappa shape index (κ1) is 22.4. The molecule has 1 aromatic heterocycles. The van der Waals surface area contributed by atoms with Gasteiger partial charge in [-0.2, -0.15) is 5.26 Å². The predicted molar refractivity (Wildman–Crippen MR) is 133 cm³/mol. The van der Waals surface area contributed by atoms with Gasteiger partial charge in [-0.25, -0.2) is 4.98 Å². The molecule has 0 radical (unpaired) electrons. The van der Waals surface area contributed by atoms with Gasteiger partial charge in [-0.15, -0.1) is 0 Å². The van der Waals surface area contributed by atoms with Crippen molar-refractivity contribution in [3.05, 3.63) is 102 Å². The topological polar surface area (TPSA) is 91.0 Å². The second-order valence-corrected chi connectivity index (χ2v) is 8.83. The normalized spacial score (nSPS) is 15.2. The first-order chi connectivity index (χ1) is 17.1. The smallest absolute Gasteiger partial charge is 0.254 e. The van der Waals surface area contributed by atoms with Crippen LogP contribution in [0.4, 0.5) is 0 Å². The highest BCUT2D eigenvalue weighted by atomic mass is 16.2. The van der Waals surface area contributed by atoms with Gasteiger partial charge in [0.05, 0.1) is 24.4 Å². The van der Waals surface area contributed by atoms with Crippen molar-refractivity contribution < 1.29 is 9.59 Å². The van der Waals surface area contributed by atoms with Gasteiger partial charge in [0, 0.05) is 43.1 Å². The molecule has 7 nitrogen and oxygen atoms in total. The molecule has 1 aliphatic rings. The van der Waals surface area contributed by atoms with Crippen molar-refractivity contribution in [2.45, 2.75) is 25.4 Å². The SMILES string of the molecule is N#Cc1ccc(Cn2cncc2CC(=O)N[C@@H]2CCN(C(=O)c3cccc4ccccc34)C2)cc1. The number of likely N-dealkylation sites (tertiary alicyclic amines) is 1. The highest BCUT2D eigenvalue weighted by molar-refractivity contribution is 6.07. The Morgan fingerprint density at radius 1 is 1.06 bits per heavy atom.